The zero-order valence-corrected chi connectivity index (χ0v) is 9.16. The van der Waals surface area contributed by atoms with Crippen LogP contribution in [0, 0.1) is 0 Å². The van der Waals surface area contributed by atoms with Crippen molar-refractivity contribution in [2.45, 2.75) is 32.2 Å². The molecule has 0 spiro atoms. The second kappa shape index (κ2) is 5.70. The summed E-state index contributed by atoms with van der Waals surface area (Å²) in [6, 6.07) is 0.00565. The minimum atomic E-state index is -0.0448. The fourth-order valence-electron chi connectivity index (χ4n) is 1.75. The summed E-state index contributed by atoms with van der Waals surface area (Å²) < 4.78 is 0. The van der Waals surface area contributed by atoms with Crippen molar-refractivity contribution in [3.05, 3.63) is 0 Å². The normalized spacial score (nSPS) is 18.0. The van der Waals surface area contributed by atoms with E-state index in [-0.39, 0.29) is 17.9 Å². The third-order valence-corrected chi connectivity index (χ3v) is 2.44. The molecule has 5 nitrogen and oxygen atoms in total. The minimum absolute atomic E-state index is 0.00565. The van der Waals surface area contributed by atoms with Crippen LogP contribution in [0.2, 0.25) is 0 Å². The van der Waals surface area contributed by atoms with Crippen LogP contribution in [-0.2, 0) is 9.59 Å². The van der Waals surface area contributed by atoms with Gasteiger partial charge in [0, 0.05) is 38.5 Å². The van der Waals surface area contributed by atoms with Gasteiger partial charge in [0.25, 0.3) is 0 Å². The highest BCUT2D eigenvalue weighted by Crippen LogP contribution is 2.09. The van der Waals surface area contributed by atoms with E-state index in [4.69, 9.17) is 5.73 Å². The van der Waals surface area contributed by atoms with E-state index in [1.54, 1.807) is 4.90 Å². The molecule has 0 aromatic carbocycles. The minimum Gasteiger partial charge on any atom is -0.352 e. The number of likely N-dealkylation sites (tertiary alicyclic amines) is 1. The standard InChI is InChI=1S/C10H19N3O2/c1-8(12-9(14)4-5-11)7-13-6-2-3-10(13)15/h8H,2-7,11H2,1H3,(H,12,14). The number of nitrogens with two attached hydrogens (primary N) is 1. The Balaban J connectivity index is 2.26. The van der Waals surface area contributed by atoms with E-state index in [1.165, 1.54) is 0 Å². The molecule has 1 saturated heterocycles. The first-order chi connectivity index (χ1) is 7.13. The van der Waals surface area contributed by atoms with Gasteiger partial charge in [0.15, 0.2) is 0 Å². The predicted octanol–water partition coefficient (Wildman–Crippen LogP) is -0.538. The molecule has 1 heterocycles. The van der Waals surface area contributed by atoms with Crippen molar-refractivity contribution >= 4 is 11.8 Å². The third kappa shape index (κ3) is 3.87. The van der Waals surface area contributed by atoms with Gasteiger partial charge in [-0.1, -0.05) is 0 Å². The molecule has 1 fully saturated rings. The van der Waals surface area contributed by atoms with Crippen molar-refractivity contribution in [1.29, 1.82) is 0 Å². The highest BCUT2D eigenvalue weighted by Gasteiger charge is 2.22. The van der Waals surface area contributed by atoms with Crippen LogP contribution >= 0.6 is 0 Å². The molecule has 0 aromatic rings. The highest BCUT2D eigenvalue weighted by molar-refractivity contribution is 5.78. The second-order valence-electron chi connectivity index (χ2n) is 3.95. The summed E-state index contributed by atoms with van der Waals surface area (Å²) in [4.78, 5) is 24.3. The molecule has 1 unspecified atom stereocenters. The lowest BCUT2D eigenvalue weighted by molar-refractivity contribution is -0.129. The number of nitrogens with zero attached hydrogens (tertiary/aromatic N) is 1. The largest absolute Gasteiger partial charge is 0.352 e. The first-order valence-corrected chi connectivity index (χ1v) is 5.40. The number of hydrogen-bond donors (Lipinski definition) is 2. The molecule has 3 N–H and O–H groups in total. The molecule has 2 amide bonds. The summed E-state index contributed by atoms with van der Waals surface area (Å²) in [6.07, 6.45) is 1.92. The van der Waals surface area contributed by atoms with Crippen molar-refractivity contribution in [3.63, 3.8) is 0 Å². The van der Waals surface area contributed by atoms with Crippen molar-refractivity contribution in [1.82, 2.24) is 10.2 Å². The molecule has 0 radical (unpaired) electrons. The van der Waals surface area contributed by atoms with E-state index in [0.29, 0.717) is 25.9 Å². The van der Waals surface area contributed by atoms with Crippen molar-refractivity contribution < 1.29 is 9.59 Å². The average molecular weight is 213 g/mol. The Morgan fingerprint density at radius 3 is 2.93 bits per heavy atom. The molecule has 1 rings (SSSR count). The van der Waals surface area contributed by atoms with Crippen LogP contribution in [0.4, 0.5) is 0 Å². The molecule has 0 aliphatic carbocycles. The number of hydrogen-bond acceptors (Lipinski definition) is 3. The molecule has 0 saturated carbocycles. The molecule has 0 aromatic heterocycles. The quantitative estimate of drug-likeness (QED) is 0.644. The molecule has 1 aliphatic rings. The first kappa shape index (κ1) is 12.0. The third-order valence-electron chi connectivity index (χ3n) is 2.44. The van der Waals surface area contributed by atoms with E-state index in [0.717, 1.165) is 13.0 Å². The van der Waals surface area contributed by atoms with Crippen molar-refractivity contribution in [2.75, 3.05) is 19.6 Å². The van der Waals surface area contributed by atoms with E-state index in [9.17, 15) is 9.59 Å². The number of carbonyl (C=O) groups is 2. The monoisotopic (exact) mass is 213 g/mol. The van der Waals surface area contributed by atoms with Gasteiger partial charge in [0.2, 0.25) is 11.8 Å². The van der Waals surface area contributed by atoms with Gasteiger partial charge in [-0.2, -0.15) is 0 Å². The fourth-order valence-corrected chi connectivity index (χ4v) is 1.75. The van der Waals surface area contributed by atoms with E-state index in [1.807, 2.05) is 6.92 Å². The van der Waals surface area contributed by atoms with Crippen LogP contribution in [0.25, 0.3) is 0 Å². The molecule has 86 valence electrons. The Morgan fingerprint density at radius 2 is 2.40 bits per heavy atom. The van der Waals surface area contributed by atoms with E-state index < -0.39 is 0 Å². The number of amides is 2. The van der Waals surface area contributed by atoms with Crippen LogP contribution in [-0.4, -0.2) is 42.4 Å². The lowest BCUT2D eigenvalue weighted by Gasteiger charge is -2.21. The van der Waals surface area contributed by atoms with Crippen LogP contribution in [0.3, 0.4) is 0 Å². The van der Waals surface area contributed by atoms with Crippen molar-refractivity contribution in [3.8, 4) is 0 Å². The number of nitrogens with one attached hydrogen (secondary N) is 1. The summed E-state index contributed by atoms with van der Waals surface area (Å²) in [5, 5.41) is 2.82. The Hall–Kier alpha value is -1.10. The Labute approximate surface area is 90.0 Å². The predicted molar refractivity (Wildman–Crippen MR) is 57.1 cm³/mol. The molecule has 1 aliphatic heterocycles. The highest BCUT2D eigenvalue weighted by atomic mass is 16.2. The smallest absolute Gasteiger partial charge is 0.222 e. The molecule has 1 atom stereocenters. The van der Waals surface area contributed by atoms with Gasteiger partial charge in [-0.15, -0.1) is 0 Å². The van der Waals surface area contributed by atoms with E-state index in [2.05, 4.69) is 5.32 Å². The second-order valence-corrected chi connectivity index (χ2v) is 3.95. The van der Waals surface area contributed by atoms with Crippen LogP contribution in [0.15, 0.2) is 0 Å². The van der Waals surface area contributed by atoms with Crippen molar-refractivity contribution in [2.24, 2.45) is 5.73 Å². The van der Waals surface area contributed by atoms with Crippen LogP contribution in [0.1, 0.15) is 26.2 Å². The van der Waals surface area contributed by atoms with Gasteiger partial charge < -0.3 is 16.0 Å². The van der Waals surface area contributed by atoms with Gasteiger partial charge in [0.1, 0.15) is 0 Å². The number of rotatable bonds is 5. The summed E-state index contributed by atoms with van der Waals surface area (Å²) >= 11 is 0. The summed E-state index contributed by atoms with van der Waals surface area (Å²) in [6.45, 7) is 3.69. The zero-order valence-electron chi connectivity index (χ0n) is 9.16. The Morgan fingerprint density at radius 1 is 1.67 bits per heavy atom. The Kier molecular flexibility index (Phi) is 4.55. The molecule has 0 bridgehead atoms. The molecule has 15 heavy (non-hydrogen) atoms. The SMILES string of the molecule is CC(CN1CCCC1=O)NC(=O)CCN. The topological polar surface area (TPSA) is 75.4 Å². The lowest BCUT2D eigenvalue weighted by Crippen LogP contribution is -2.42. The van der Waals surface area contributed by atoms with Crippen LogP contribution < -0.4 is 11.1 Å². The van der Waals surface area contributed by atoms with Gasteiger partial charge in [-0.25, -0.2) is 0 Å². The maximum atomic E-state index is 11.3. The van der Waals surface area contributed by atoms with Crippen LogP contribution in [0.5, 0.6) is 0 Å². The lowest BCUT2D eigenvalue weighted by atomic mass is 10.3. The van der Waals surface area contributed by atoms with Gasteiger partial charge in [-0.05, 0) is 13.3 Å². The maximum absolute atomic E-state index is 11.3. The zero-order chi connectivity index (χ0) is 11.3. The molecule has 5 heteroatoms. The maximum Gasteiger partial charge on any atom is 0.222 e. The summed E-state index contributed by atoms with van der Waals surface area (Å²) in [5.74, 6) is 0.145. The number of carbonyl (C=O) groups excluding carboxylic acids is 2. The summed E-state index contributed by atoms with van der Waals surface area (Å²) in [5.41, 5.74) is 5.27. The molecular formula is C10H19N3O2. The van der Waals surface area contributed by atoms with E-state index >= 15 is 0 Å². The summed E-state index contributed by atoms with van der Waals surface area (Å²) in [7, 11) is 0. The fraction of sp³-hybridized carbons (Fsp3) is 0.800. The van der Waals surface area contributed by atoms with Gasteiger partial charge >= 0.3 is 0 Å². The molecular weight excluding hydrogens is 194 g/mol. The van der Waals surface area contributed by atoms with Gasteiger partial charge in [-0.3, -0.25) is 9.59 Å². The average Bonchev–Trinajstić information content (AvgIpc) is 2.52. The first-order valence-electron chi connectivity index (χ1n) is 5.40. The Bertz CT molecular complexity index is 243. The van der Waals surface area contributed by atoms with Gasteiger partial charge in [0.05, 0.1) is 0 Å².